The van der Waals surface area contributed by atoms with Crippen molar-refractivity contribution in [2.75, 3.05) is 0 Å². The van der Waals surface area contributed by atoms with Gasteiger partial charge in [-0.2, -0.15) is 0 Å². The van der Waals surface area contributed by atoms with Gasteiger partial charge in [0.15, 0.2) is 0 Å². The summed E-state index contributed by atoms with van der Waals surface area (Å²) in [6.45, 7) is 6.61. The van der Waals surface area contributed by atoms with Crippen LogP contribution < -0.4 is 4.74 Å². The molecule has 1 aliphatic heterocycles. The van der Waals surface area contributed by atoms with Crippen LogP contribution in [0.5, 0.6) is 11.5 Å². The number of hydrogen-bond acceptors (Lipinski definition) is 1. The third kappa shape index (κ3) is 2.09. The van der Waals surface area contributed by atoms with Gasteiger partial charge in [0.1, 0.15) is 11.5 Å². The predicted octanol–water partition coefficient (Wildman–Crippen LogP) is 6.87. The lowest BCUT2D eigenvalue weighted by molar-refractivity contribution is 0.453. The Kier molecular flexibility index (Phi) is 2.96. The molecule has 5 rings (SSSR count). The highest BCUT2D eigenvalue weighted by Crippen LogP contribution is 2.49. The first-order chi connectivity index (χ1) is 12.1. The Morgan fingerprint density at radius 2 is 1.08 bits per heavy atom. The van der Waals surface area contributed by atoms with Gasteiger partial charge < -0.3 is 4.74 Å². The molecule has 0 aromatic heterocycles. The van der Waals surface area contributed by atoms with Crippen molar-refractivity contribution in [3.05, 3.63) is 82.9 Å². The van der Waals surface area contributed by atoms with E-state index in [0.717, 1.165) is 11.5 Å². The fourth-order valence-corrected chi connectivity index (χ4v) is 4.21. The molecule has 0 spiro atoms. The van der Waals surface area contributed by atoms with Crippen molar-refractivity contribution in [1.82, 2.24) is 0 Å². The van der Waals surface area contributed by atoms with Gasteiger partial charge >= 0.3 is 0 Å². The molecule has 0 saturated heterocycles. The smallest absolute Gasteiger partial charge is 0.131 e. The Balaban J connectivity index is 1.85. The van der Waals surface area contributed by atoms with Gasteiger partial charge in [-0.05, 0) is 47.5 Å². The average Bonchev–Trinajstić information content (AvgIpc) is 2.60. The number of fused-ring (bicyclic) bond motifs is 6. The second kappa shape index (κ2) is 5.10. The molecule has 122 valence electrons. The van der Waals surface area contributed by atoms with Crippen molar-refractivity contribution in [3.8, 4) is 11.5 Å². The fraction of sp³-hybridized carbons (Fsp3) is 0.167. The lowest BCUT2D eigenvalue weighted by Gasteiger charge is -2.28. The van der Waals surface area contributed by atoms with Crippen LogP contribution in [0.3, 0.4) is 0 Å². The first-order valence-electron chi connectivity index (χ1n) is 8.86. The van der Waals surface area contributed by atoms with Crippen LogP contribution in [-0.2, 0) is 0 Å². The molecule has 0 atom stereocenters. The van der Waals surface area contributed by atoms with Crippen LogP contribution in [0.1, 0.15) is 35.1 Å². The van der Waals surface area contributed by atoms with Crippen molar-refractivity contribution in [2.24, 2.45) is 0 Å². The van der Waals surface area contributed by atoms with Gasteiger partial charge in [-0.1, -0.05) is 66.6 Å². The van der Waals surface area contributed by atoms with Gasteiger partial charge in [0.2, 0.25) is 0 Å². The van der Waals surface area contributed by atoms with Crippen LogP contribution in [0, 0.1) is 13.8 Å². The highest BCUT2D eigenvalue weighted by molar-refractivity contribution is 5.94. The van der Waals surface area contributed by atoms with Crippen LogP contribution in [0.2, 0.25) is 0 Å². The van der Waals surface area contributed by atoms with Gasteiger partial charge in [-0.15, -0.1) is 0 Å². The van der Waals surface area contributed by atoms with Gasteiger partial charge in [-0.25, -0.2) is 0 Å². The number of ether oxygens (including phenoxy) is 1. The van der Waals surface area contributed by atoms with Gasteiger partial charge in [-0.3, -0.25) is 0 Å². The molecule has 25 heavy (non-hydrogen) atoms. The Bertz CT molecular complexity index is 1060. The molecule has 0 unspecified atom stereocenters. The topological polar surface area (TPSA) is 9.23 Å². The van der Waals surface area contributed by atoms with Crippen molar-refractivity contribution < 1.29 is 4.74 Å². The summed E-state index contributed by atoms with van der Waals surface area (Å²) in [5.74, 6) is 2.28. The summed E-state index contributed by atoms with van der Waals surface area (Å²) in [7, 11) is 0. The highest BCUT2D eigenvalue weighted by atomic mass is 16.5. The minimum absolute atomic E-state index is 0.301. The maximum atomic E-state index is 6.34. The zero-order valence-corrected chi connectivity index (χ0v) is 14.8. The van der Waals surface area contributed by atoms with Crippen molar-refractivity contribution in [1.29, 1.82) is 0 Å². The van der Waals surface area contributed by atoms with Crippen molar-refractivity contribution >= 4 is 21.5 Å². The quantitative estimate of drug-likeness (QED) is 0.343. The van der Waals surface area contributed by atoms with E-state index in [4.69, 9.17) is 4.74 Å². The van der Waals surface area contributed by atoms with E-state index < -0.39 is 0 Å². The van der Waals surface area contributed by atoms with Gasteiger partial charge in [0, 0.05) is 17.0 Å². The van der Waals surface area contributed by atoms with Crippen LogP contribution in [0.15, 0.2) is 60.7 Å². The zero-order chi connectivity index (χ0) is 17.1. The van der Waals surface area contributed by atoms with E-state index in [1.165, 1.54) is 43.8 Å². The number of hydrogen-bond donors (Lipinski definition) is 0. The number of aryl methyl sites for hydroxylation is 2. The molecule has 4 aromatic carbocycles. The third-order valence-electron chi connectivity index (χ3n) is 5.44. The van der Waals surface area contributed by atoms with Crippen LogP contribution in [0.4, 0.5) is 0 Å². The standard InChI is InChI=1S/C24H20O/c1-14-4-6-17-8-10-21-23(19(17)12-14)16(3)24-20-13-15(2)5-7-18(20)9-11-22(24)25-21/h4-13,16H,1-3H3. The number of rotatable bonds is 0. The van der Waals surface area contributed by atoms with E-state index in [1.807, 2.05) is 0 Å². The minimum atomic E-state index is 0.301. The van der Waals surface area contributed by atoms with E-state index >= 15 is 0 Å². The molecule has 1 aliphatic rings. The van der Waals surface area contributed by atoms with E-state index in [2.05, 4.69) is 81.4 Å². The Morgan fingerprint density at radius 1 is 0.640 bits per heavy atom. The molecule has 0 radical (unpaired) electrons. The molecule has 0 N–H and O–H groups in total. The first-order valence-corrected chi connectivity index (χ1v) is 8.86. The Morgan fingerprint density at radius 3 is 1.56 bits per heavy atom. The second-order valence-corrected chi connectivity index (χ2v) is 7.23. The third-order valence-corrected chi connectivity index (χ3v) is 5.44. The van der Waals surface area contributed by atoms with Crippen molar-refractivity contribution in [2.45, 2.75) is 26.7 Å². The van der Waals surface area contributed by atoms with E-state index in [9.17, 15) is 0 Å². The summed E-state index contributed by atoms with van der Waals surface area (Å²) in [6, 6.07) is 21.9. The van der Waals surface area contributed by atoms with E-state index in [-0.39, 0.29) is 0 Å². The molecule has 0 fully saturated rings. The van der Waals surface area contributed by atoms with E-state index in [1.54, 1.807) is 0 Å². The molecule has 1 heterocycles. The summed E-state index contributed by atoms with van der Waals surface area (Å²) >= 11 is 0. The monoisotopic (exact) mass is 324 g/mol. The fourth-order valence-electron chi connectivity index (χ4n) is 4.21. The summed E-state index contributed by atoms with van der Waals surface area (Å²) < 4.78 is 6.34. The van der Waals surface area contributed by atoms with Crippen molar-refractivity contribution in [3.63, 3.8) is 0 Å². The molecular weight excluding hydrogens is 304 g/mol. The number of benzene rings is 4. The highest BCUT2D eigenvalue weighted by Gasteiger charge is 2.27. The van der Waals surface area contributed by atoms with Crippen LogP contribution in [0.25, 0.3) is 21.5 Å². The van der Waals surface area contributed by atoms with Gasteiger partial charge in [0.05, 0.1) is 0 Å². The average molecular weight is 324 g/mol. The second-order valence-electron chi connectivity index (χ2n) is 7.23. The largest absolute Gasteiger partial charge is 0.457 e. The summed E-state index contributed by atoms with van der Waals surface area (Å²) in [4.78, 5) is 0. The van der Waals surface area contributed by atoms with Crippen LogP contribution in [-0.4, -0.2) is 0 Å². The molecule has 0 amide bonds. The maximum Gasteiger partial charge on any atom is 0.131 e. The first kappa shape index (κ1) is 14.5. The molecule has 1 nitrogen and oxygen atoms in total. The SMILES string of the molecule is Cc1ccc2ccc3c(c2c1)C(C)c1c(ccc2ccc(C)cc12)O3. The molecular formula is C24H20O. The van der Waals surface area contributed by atoms with Gasteiger partial charge in [0.25, 0.3) is 0 Å². The Labute approximate surface area is 147 Å². The molecule has 1 heteroatoms. The predicted molar refractivity (Wildman–Crippen MR) is 105 cm³/mol. The maximum absolute atomic E-state index is 6.34. The normalized spacial score (nSPS) is 13.6. The lowest BCUT2D eigenvalue weighted by Crippen LogP contribution is -2.09. The summed E-state index contributed by atoms with van der Waals surface area (Å²) in [5, 5.41) is 5.17. The molecule has 0 bridgehead atoms. The van der Waals surface area contributed by atoms with E-state index in [0.29, 0.717) is 5.92 Å². The molecule has 0 saturated carbocycles. The summed E-state index contributed by atoms with van der Waals surface area (Å²) in [6.07, 6.45) is 0. The molecule has 4 aromatic rings. The molecule has 0 aliphatic carbocycles. The zero-order valence-electron chi connectivity index (χ0n) is 14.8. The minimum Gasteiger partial charge on any atom is -0.457 e. The van der Waals surface area contributed by atoms with Crippen LogP contribution >= 0.6 is 0 Å². The lowest BCUT2D eigenvalue weighted by atomic mass is 9.83. The Hall–Kier alpha value is -2.80. The summed E-state index contributed by atoms with van der Waals surface area (Å²) in [5.41, 5.74) is 5.19.